The first-order chi connectivity index (χ1) is 10.7. The molecule has 1 unspecified atom stereocenters. The van der Waals surface area contributed by atoms with E-state index >= 15 is 0 Å². The maximum Gasteiger partial charge on any atom is 0.237 e. The van der Waals surface area contributed by atoms with Gasteiger partial charge in [0.2, 0.25) is 11.8 Å². The van der Waals surface area contributed by atoms with Gasteiger partial charge in [0, 0.05) is 6.42 Å². The van der Waals surface area contributed by atoms with E-state index in [0.717, 1.165) is 24.3 Å². The number of carbonyl (C=O) groups is 2. The molecule has 1 saturated heterocycles. The molecule has 118 valence electrons. The second-order valence-electron chi connectivity index (χ2n) is 6.87. The van der Waals surface area contributed by atoms with Crippen molar-refractivity contribution in [2.45, 2.75) is 63.2 Å². The van der Waals surface area contributed by atoms with E-state index in [1.165, 1.54) is 32.1 Å². The van der Waals surface area contributed by atoms with Crippen LogP contribution in [0.3, 0.4) is 0 Å². The third kappa shape index (κ3) is 3.08. The van der Waals surface area contributed by atoms with E-state index in [4.69, 9.17) is 0 Å². The monoisotopic (exact) mass is 299 g/mol. The van der Waals surface area contributed by atoms with E-state index < -0.39 is 5.41 Å². The number of benzene rings is 1. The Labute approximate surface area is 132 Å². The first kappa shape index (κ1) is 15.3. The molecule has 22 heavy (non-hydrogen) atoms. The summed E-state index contributed by atoms with van der Waals surface area (Å²) in [6.07, 6.45) is 9.66. The highest BCUT2D eigenvalue weighted by Crippen LogP contribution is 2.39. The minimum atomic E-state index is -0.507. The molecule has 1 aromatic rings. The van der Waals surface area contributed by atoms with Gasteiger partial charge in [-0.25, -0.2) is 0 Å². The zero-order chi connectivity index (χ0) is 15.4. The average molecular weight is 299 g/mol. The van der Waals surface area contributed by atoms with Crippen LogP contribution in [0, 0.1) is 5.92 Å². The number of rotatable bonds is 4. The lowest BCUT2D eigenvalue weighted by molar-refractivity contribution is -0.138. The number of carbonyl (C=O) groups excluding carboxylic acids is 2. The molecular formula is C19H25NO2. The van der Waals surface area contributed by atoms with Gasteiger partial charge in [-0.2, -0.15) is 0 Å². The van der Waals surface area contributed by atoms with Crippen molar-refractivity contribution in [2.75, 3.05) is 0 Å². The van der Waals surface area contributed by atoms with Crippen LogP contribution in [0.1, 0.15) is 63.4 Å². The van der Waals surface area contributed by atoms with Crippen LogP contribution in [-0.2, 0) is 15.0 Å². The molecule has 1 heterocycles. The van der Waals surface area contributed by atoms with Crippen LogP contribution in [0.4, 0.5) is 0 Å². The Balaban J connectivity index is 1.80. The van der Waals surface area contributed by atoms with Crippen molar-refractivity contribution in [3.05, 3.63) is 35.9 Å². The highest BCUT2D eigenvalue weighted by atomic mass is 16.2. The maximum absolute atomic E-state index is 12.7. The summed E-state index contributed by atoms with van der Waals surface area (Å²) in [6.45, 7) is 0. The summed E-state index contributed by atoms with van der Waals surface area (Å²) >= 11 is 0. The SMILES string of the molecule is O=C1CCC(CCC2CCCCC2)(c2ccccc2)C(=O)N1. The van der Waals surface area contributed by atoms with Gasteiger partial charge in [0.1, 0.15) is 0 Å². The highest BCUT2D eigenvalue weighted by Gasteiger charge is 2.43. The van der Waals surface area contributed by atoms with E-state index in [1.54, 1.807) is 0 Å². The molecule has 0 aromatic heterocycles. The fraction of sp³-hybridized carbons (Fsp3) is 0.579. The quantitative estimate of drug-likeness (QED) is 0.861. The molecule has 3 rings (SSSR count). The minimum Gasteiger partial charge on any atom is -0.296 e. The van der Waals surface area contributed by atoms with Gasteiger partial charge in [0.15, 0.2) is 0 Å². The molecule has 3 nitrogen and oxygen atoms in total. The topological polar surface area (TPSA) is 46.2 Å². The van der Waals surface area contributed by atoms with Gasteiger partial charge in [-0.05, 0) is 30.7 Å². The summed E-state index contributed by atoms with van der Waals surface area (Å²) < 4.78 is 0. The Morgan fingerprint density at radius 1 is 1.05 bits per heavy atom. The van der Waals surface area contributed by atoms with E-state index in [0.29, 0.717) is 12.8 Å². The Bertz CT molecular complexity index is 534. The van der Waals surface area contributed by atoms with Crippen LogP contribution >= 0.6 is 0 Å². The molecule has 0 spiro atoms. The average Bonchev–Trinajstić information content (AvgIpc) is 2.56. The van der Waals surface area contributed by atoms with Crippen molar-refractivity contribution in [1.82, 2.24) is 5.32 Å². The first-order valence-electron chi connectivity index (χ1n) is 8.60. The fourth-order valence-electron chi connectivity index (χ4n) is 4.09. The summed E-state index contributed by atoms with van der Waals surface area (Å²) in [7, 11) is 0. The largest absolute Gasteiger partial charge is 0.296 e. The van der Waals surface area contributed by atoms with Crippen molar-refractivity contribution in [1.29, 1.82) is 0 Å². The molecule has 2 aliphatic rings. The van der Waals surface area contributed by atoms with Crippen LogP contribution in [0.25, 0.3) is 0 Å². The summed E-state index contributed by atoms with van der Waals surface area (Å²) in [5.41, 5.74) is 0.558. The number of nitrogens with one attached hydrogen (secondary N) is 1. The van der Waals surface area contributed by atoms with Crippen LogP contribution in [0.5, 0.6) is 0 Å². The van der Waals surface area contributed by atoms with Gasteiger partial charge in [0.05, 0.1) is 5.41 Å². The molecule has 0 bridgehead atoms. The Hall–Kier alpha value is -1.64. The predicted octanol–water partition coefficient (Wildman–Crippen LogP) is 3.72. The molecule has 1 aliphatic carbocycles. The Morgan fingerprint density at radius 3 is 2.45 bits per heavy atom. The van der Waals surface area contributed by atoms with Gasteiger partial charge < -0.3 is 0 Å². The molecule has 1 saturated carbocycles. The number of hydrogen-bond donors (Lipinski definition) is 1. The zero-order valence-corrected chi connectivity index (χ0v) is 13.1. The molecular weight excluding hydrogens is 274 g/mol. The number of imide groups is 1. The molecule has 1 N–H and O–H groups in total. The Kier molecular flexibility index (Phi) is 4.60. The van der Waals surface area contributed by atoms with Crippen molar-refractivity contribution >= 4 is 11.8 Å². The van der Waals surface area contributed by atoms with Gasteiger partial charge in [-0.3, -0.25) is 14.9 Å². The lowest BCUT2D eigenvalue weighted by Crippen LogP contribution is -2.51. The highest BCUT2D eigenvalue weighted by molar-refractivity contribution is 6.03. The molecule has 3 heteroatoms. The van der Waals surface area contributed by atoms with Crippen LogP contribution < -0.4 is 5.32 Å². The minimum absolute atomic E-state index is 0.0919. The van der Waals surface area contributed by atoms with Gasteiger partial charge in [-0.15, -0.1) is 0 Å². The van der Waals surface area contributed by atoms with Crippen LogP contribution in [0.2, 0.25) is 0 Å². The summed E-state index contributed by atoms with van der Waals surface area (Å²) in [6, 6.07) is 10.0. The van der Waals surface area contributed by atoms with Crippen molar-refractivity contribution in [3.8, 4) is 0 Å². The lowest BCUT2D eigenvalue weighted by atomic mass is 9.69. The van der Waals surface area contributed by atoms with Gasteiger partial charge >= 0.3 is 0 Å². The zero-order valence-electron chi connectivity index (χ0n) is 13.1. The fourth-order valence-corrected chi connectivity index (χ4v) is 4.09. The summed E-state index contributed by atoms with van der Waals surface area (Å²) in [5.74, 6) is 0.528. The Morgan fingerprint density at radius 2 is 1.77 bits per heavy atom. The molecule has 1 aliphatic heterocycles. The summed E-state index contributed by atoms with van der Waals surface area (Å²) in [4.78, 5) is 24.2. The van der Waals surface area contributed by atoms with Crippen molar-refractivity contribution < 1.29 is 9.59 Å². The predicted molar refractivity (Wildman–Crippen MR) is 86.3 cm³/mol. The van der Waals surface area contributed by atoms with E-state index in [2.05, 4.69) is 5.32 Å². The smallest absolute Gasteiger partial charge is 0.237 e. The van der Waals surface area contributed by atoms with Crippen LogP contribution in [0.15, 0.2) is 30.3 Å². The normalized spacial score (nSPS) is 26.7. The van der Waals surface area contributed by atoms with Gasteiger partial charge in [-0.1, -0.05) is 62.4 Å². The van der Waals surface area contributed by atoms with Crippen molar-refractivity contribution in [3.63, 3.8) is 0 Å². The third-order valence-corrected chi connectivity index (χ3v) is 5.50. The second-order valence-corrected chi connectivity index (χ2v) is 6.87. The molecule has 1 aromatic carbocycles. The number of piperidine rings is 1. The molecule has 2 fully saturated rings. The molecule has 2 amide bonds. The molecule has 1 atom stereocenters. The van der Waals surface area contributed by atoms with E-state index in [1.807, 2.05) is 30.3 Å². The third-order valence-electron chi connectivity index (χ3n) is 5.50. The van der Waals surface area contributed by atoms with Crippen molar-refractivity contribution in [2.24, 2.45) is 5.92 Å². The first-order valence-corrected chi connectivity index (χ1v) is 8.60. The standard InChI is InChI=1S/C19H25NO2/c21-17-12-14-19(18(22)20-17,16-9-5-2-6-10-16)13-11-15-7-3-1-4-8-15/h2,5-6,9-10,15H,1,3-4,7-8,11-14H2,(H,20,21,22). The maximum atomic E-state index is 12.7. The van der Waals surface area contributed by atoms with Gasteiger partial charge in [0.25, 0.3) is 0 Å². The van der Waals surface area contributed by atoms with E-state index in [9.17, 15) is 9.59 Å². The number of amides is 2. The lowest BCUT2D eigenvalue weighted by Gasteiger charge is -2.37. The summed E-state index contributed by atoms with van der Waals surface area (Å²) in [5, 5.41) is 2.58. The second kappa shape index (κ2) is 6.64. The van der Waals surface area contributed by atoms with E-state index in [-0.39, 0.29) is 11.8 Å². The van der Waals surface area contributed by atoms with Crippen LogP contribution in [-0.4, -0.2) is 11.8 Å². The molecule has 0 radical (unpaired) electrons. The number of hydrogen-bond acceptors (Lipinski definition) is 2.